The van der Waals surface area contributed by atoms with Gasteiger partial charge in [-0.15, -0.1) is 0 Å². The molecule has 0 saturated heterocycles. The molecule has 2 aliphatic carbocycles. The fourth-order valence-corrected chi connectivity index (χ4v) is 2.77. The quantitative estimate of drug-likeness (QED) is 0.715. The van der Waals surface area contributed by atoms with Crippen LogP contribution in [0.2, 0.25) is 0 Å². The van der Waals surface area contributed by atoms with Gasteiger partial charge in [-0.05, 0) is 45.4 Å². The average Bonchev–Trinajstić information content (AvgIpc) is 3.06. The largest absolute Gasteiger partial charge is 0.481 e. The highest BCUT2D eigenvalue weighted by atomic mass is 16.4. The third-order valence-electron chi connectivity index (χ3n) is 4.44. The van der Waals surface area contributed by atoms with E-state index in [0.29, 0.717) is 12.3 Å². The molecule has 18 heavy (non-hydrogen) atoms. The number of carboxylic acids is 1. The van der Waals surface area contributed by atoms with Crippen LogP contribution in [0.25, 0.3) is 0 Å². The minimum Gasteiger partial charge on any atom is -0.481 e. The van der Waals surface area contributed by atoms with Crippen molar-refractivity contribution in [3.8, 4) is 0 Å². The van der Waals surface area contributed by atoms with E-state index in [1.807, 2.05) is 6.92 Å². The minimum atomic E-state index is -0.819. The number of aliphatic carboxylic acids is 1. The number of rotatable bonds is 4. The highest BCUT2D eigenvalue weighted by molar-refractivity contribution is 5.79. The van der Waals surface area contributed by atoms with Gasteiger partial charge in [0.25, 0.3) is 0 Å². The summed E-state index contributed by atoms with van der Waals surface area (Å²) < 4.78 is 0. The zero-order valence-corrected chi connectivity index (χ0v) is 11.0. The highest BCUT2D eigenvalue weighted by Gasteiger charge is 2.46. The summed E-state index contributed by atoms with van der Waals surface area (Å²) in [5, 5.41) is 15.0. The molecular weight excluding hydrogens is 232 g/mol. The SMILES string of the molecule is CC(NC(=O)NC1CCCC1(C)C(=O)O)C1CC1. The van der Waals surface area contributed by atoms with Gasteiger partial charge >= 0.3 is 12.0 Å². The van der Waals surface area contributed by atoms with Crippen molar-refractivity contribution in [3.05, 3.63) is 0 Å². The lowest BCUT2D eigenvalue weighted by Gasteiger charge is -2.28. The van der Waals surface area contributed by atoms with E-state index >= 15 is 0 Å². The molecule has 3 atom stereocenters. The summed E-state index contributed by atoms with van der Waals surface area (Å²) in [7, 11) is 0. The number of hydrogen-bond donors (Lipinski definition) is 3. The molecule has 0 spiro atoms. The Kier molecular flexibility index (Phi) is 3.50. The van der Waals surface area contributed by atoms with Gasteiger partial charge in [0, 0.05) is 12.1 Å². The van der Waals surface area contributed by atoms with Crippen molar-refractivity contribution < 1.29 is 14.7 Å². The molecule has 2 amide bonds. The first-order valence-corrected chi connectivity index (χ1v) is 6.74. The van der Waals surface area contributed by atoms with Gasteiger partial charge in [0.15, 0.2) is 0 Å². The fourth-order valence-electron chi connectivity index (χ4n) is 2.77. The summed E-state index contributed by atoms with van der Waals surface area (Å²) in [6.07, 6.45) is 4.58. The maximum absolute atomic E-state index is 11.8. The molecule has 5 nitrogen and oxygen atoms in total. The van der Waals surface area contributed by atoms with Crippen molar-refractivity contribution in [2.75, 3.05) is 0 Å². The lowest BCUT2D eigenvalue weighted by Crippen LogP contribution is -2.52. The van der Waals surface area contributed by atoms with Crippen molar-refractivity contribution in [2.45, 2.75) is 58.0 Å². The fraction of sp³-hybridized carbons (Fsp3) is 0.846. The van der Waals surface area contributed by atoms with E-state index in [1.165, 1.54) is 12.8 Å². The Labute approximate surface area is 107 Å². The number of carboxylic acid groups (broad SMARTS) is 1. The van der Waals surface area contributed by atoms with Gasteiger partial charge < -0.3 is 15.7 Å². The summed E-state index contributed by atoms with van der Waals surface area (Å²) in [4.78, 5) is 23.1. The maximum atomic E-state index is 11.8. The molecule has 2 saturated carbocycles. The zero-order chi connectivity index (χ0) is 13.3. The van der Waals surface area contributed by atoms with Gasteiger partial charge in [0.2, 0.25) is 0 Å². The molecule has 0 aromatic heterocycles. The second-order valence-electron chi connectivity index (χ2n) is 5.91. The Morgan fingerprint density at radius 2 is 2.00 bits per heavy atom. The van der Waals surface area contributed by atoms with E-state index in [0.717, 1.165) is 12.8 Å². The van der Waals surface area contributed by atoms with E-state index < -0.39 is 11.4 Å². The highest BCUT2D eigenvalue weighted by Crippen LogP contribution is 2.38. The predicted octanol–water partition coefficient (Wildman–Crippen LogP) is 1.73. The van der Waals surface area contributed by atoms with Crippen LogP contribution in [0.3, 0.4) is 0 Å². The lowest BCUT2D eigenvalue weighted by atomic mass is 9.85. The summed E-state index contributed by atoms with van der Waals surface area (Å²) in [6, 6.07) is -0.308. The van der Waals surface area contributed by atoms with Crippen LogP contribution in [0.1, 0.15) is 46.0 Å². The van der Waals surface area contributed by atoms with Crippen LogP contribution in [0, 0.1) is 11.3 Å². The number of amides is 2. The first kappa shape index (κ1) is 13.2. The number of hydrogen-bond acceptors (Lipinski definition) is 2. The van der Waals surface area contributed by atoms with Crippen LogP contribution in [0.15, 0.2) is 0 Å². The number of nitrogens with one attached hydrogen (secondary N) is 2. The van der Waals surface area contributed by atoms with Crippen molar-refractivity contribution in [1.82, 2.24) is 10.6 Å². The van der Waals surface area contributed by atoms with Gasteiger partial charge in [0.1, 0.15) is 0 Å². The maximum Gasteiger partial charge on any atom is 0.315 e. The third-order valence-corrected chi connectivity index (χ3v) is 4.44. The predicted molar refractivity (Wildman–Crippen MR) is 67.2 cm³/mol. The smallest absolute Gasteiger partial charge is 0.315 e. The second-order valence-corrected chi connectivity index (χ2v) is 5.91. The normalized spacial score (nSPS) is 32.9. The standard InChI is InChI=1S/C13H22N2O3/c1-8(9-5-6-9)14-12(18)15-10-4-3-7-13(10,2)11(16)17/h8-10H,3-7H2,1-2H3,(H,16,17)(H2,14,15,18). The van der Waals surface area contributed by atoms with Crippen LogP contribution in [-0.4, -0.2) is 29.2 Å². The van der Waals surface area contributed by atoms with Gasteiger partial charge in [-0.1, -0.05) is 6.42 Å². The number of carbonyl (C=O) groups excluding carboxylic acids is 1. The van der Waals surface area contributed by atoms with Gasteiger partial charge in [-0.3, -0.25) is 4.79 Å². The first-order chi connectivity index (χ1) is 8.43. The molecule has 102 valence electrons. The summed E-state index contributed by atoms with van der Waals surface area (Å²) in [5.74, 6) is -0.217. The van der Waals surface area contributed by atoms with Crippen LogP contribution < -0.4 is 10.6 Å². The van der Waals surface area contributed by atoms with Crippen molar-refractivity contribution in [3.63, 3.8) is 0 Å². The molecule has 3 N–H and O–H groups in total. The van der Waals surface area contributed by atoms with E-state index in [2.05, 4.69) is 10.6 Å². The van der Waals surface area contributed by atoms with E-state index in [4.69, 9.17) is 0 Å². The average molecular weight is 254 g/mol. The van der Waals surface area contributed by atoms with Gasteiger partial charge in [-0.2, -0.15) is 0 Å². The van der Waals surface area contributed by atoms with Gasteiger partial charge in [0.05, 0.1) is 5.41 Å². The third kappa shape index (κ3) is 2.60. The molecule has 0 radical (unpaired) electrons. The number of urea groups is 1. The van der Waals surface area contributed by atoms with E-state index in [1.54, 1.807) is 6.92 Å². The molecule has 0 aromatic rings. The van der Waals surface area contributed by atoms with Crippen molar-refractivity contribution in [1.29, 1.82) is 0 Å². The molecule has 2 fully saturated rings. The first-order valence-electron chi connectivity index (χ1n) is 6.74. The van der Waals surface area contributed by atoms with Crippen molar-refractivity contribution >= 4 is 12.0 Å². The van der Waals surface area contributed by atoms with Crippen LogP contribution in [0.5, 0.6) is 0 Å². The molecular formula is C13H22N2O3. The minimum absolute atomic E-state index is 0.183. The Morgan fingerprint density at radius 1 is 1.33 bits per heavy atom. The summed E-state index contributed by atoms with van der Waals surface area (Å²) in [6.45, 7) is 3.72. The van der Waals surface area contributed by atoms with E-state index in [-0.39, 0.29) is 18.1 Å². The zero-order valence-electron chi connectivity index (χ0n) is 11.0. The van der Waals surface area contributed by atoms with Crippen LogP contribution in [-0.2, 0) is 4.79 Å². The molecule has 5 heteroatoms. The molecule has 2 rings (SSSR count). The van der Waals surface area contributed by atoms with Crippen LogP contribution in [0.4, 0.5) is 4.79 Å². The molecule has 0 bridgehead atoms. The monoisotopic (exact) mass is 254 g/mol. The van der Waals surface area contributed by atoms with Crippen molar-refractivity contribution in [2.24, 2.45) is 11.3 Å². The Bertz CT molecular complexity index is 354. The molecule has 0 aliphatic heterocycles. The molecule has 0 heterocycles. The van der Waals surface area contributed by atoms with Gasteiger partial charge in [-0.25, -0.2) is 4.79 Å². The Balaban J connectivity index is 1.87. The Morgan fingerprint density at radius 3 is 2.56 bits per heavy atom. The number of carbonyl (C=O) groups is 2. The molecule has 0 aromatic carbocycles. The molecule has 3 unspecified atom stereocenters. The second kappa shape index (κ2) is 4.78. The summed E-state index contributed by atoms with van der Waals surface area (Å²) >= 11 is 0. The topological polar surface area (TPSA) is 78.4 Å². The van der Waals surface area contributed by atoms with E-state index in [9.17, 15) is 14.7 Å². The molecule has 2 aliphatic rings. The summed E-state index contributed by atoms with van der Waals surface area (Å²) in [5.41, 5.74) is -0.819. The lowest BCUT2D eigenvalue weighted by molar-refractivity contribution is -0.148. The Hall–Kier alpha value is -1.26. The van der Waals surface area contributed by atoms with Crippen LogP contribution >= 0.6 is 0 Å².